The van der Waals surface area contributed by atoms with Crippen LogP contribution in [0, 0.1) is 5.92 Å². The Bertz CT molecular complexity index is 810. The molecule has 0 saturated carbocycles. The molecule has 3 unspecified atom stereocenters. The molecule has 2 aromatic rings. The molecule has 1 N–H and O–H groups in total. The molecule has 1 aliphatic heterocycles. The lowest BCUT2D eigenvalue weighted by atomic mass is 9.93. The first-order valence-corrected chi connectivity index (χ1v) is 10.8. The summed E-state index contributed by atoms with van der Waals surface area (Å²) in [5, 5.41) is 3.51. The van der Waals surface area contributed by atoms with Crippen molar-refractivity contribution in [1.82, 2.24) is 24.7 Å². The van der Waals surface area contributed by atoms with Gasteiger partial charge in [-0.2, -0.15) is 0 Å². The summed E-state index contributed by atoms with van der Waals surface area (Å²) in [5.41, 5.74) is 1.21. The van der Waals surface area contributed by atoms with Crippen LogP contribution in [-0.4, -0.2) is 72.7 Å². The Balaban J connectivity index is 0.00000341. The Kier molecular flexibility index (Phi) is 10.1. The highest BCUT2D eigenvalue weighted by molar-refractivity contribution is 14.0. The van der Waals surface area contributed by atoms with Gasteiger partial charge in [0.1, 0.15) is 5.75 Å². The van der Waals surface area contributed by atoms with Crippen LogP contribution < -0.4 is 10.1 Å². The molecule has 0 bridgehead atoms. The zero-order valence-corrected chi connectivity index (χ0v) is 21.7. The third kappa shape index (κ3) is 6.58. The maximum atomic E-state index is 5.42. The van der Waals surface area contributed by atoms with Crippen LogP contribution in [0.25, 0.3) is 0 Å². The fourth-order valence-electron chi connectivity index (χ4n) is 4.11. The van der Waals surface area contributed by atoms with Crippen molar-refractivity contribution in [2.75, 3.05) is 47.4 Å². The van der Waals surface area contributed by atoms with E-state index in [0.717, 1.165) is 37.8 Å². The standard InChI is InChI=1S/C23H36N6O.HI/c1-6-25-23(28-12-10-18(2)22(16-28)29-13-11-24-17-29)26-15-21(27(3)4)19-8-7-9-20(14-19)30-5;/h7-9,11,13-14,17-18,21-22H,6,10,12,15-16H2,1-5H3,(H,25,26);1H. The molecule has 1 aromatic carbocycles. The molecule has 1 aromatic heterocycles. The molecule has 172 valence electrons. The number of nitrogens with one attached hydrogen (secondary N) is 1. The highest BCUT2D eigenvalue weighted by atomic mass is 127. The summed E-state index contributed by atoms with van der Waals surface area (Å²) in [6.45, 7) is 7.95. The highest BCUT2D eigenvalue weighted by Gasteiger charge is 2.29. The van der Waals surface area contributed by atoms with Crippen molar-refractivity contribution in [2.24, 2.45) is 10.9 Å². The molecule has 0 aliphatic carbocycles. The number of halogens is 1. The lowest BCUT2D eigenvalue weighted by Crippen LogP contribution is -2.49. The van der Waals surface area contributed by atoms with Gasteiger partial charge in [0.05, 0.1) is 32.1 Å². The molecular weight excluding hydrogens is 503 g/mol. The van der Waals surface area contributed by atoms with Gasteiger partial charge in [-0.05, 0) is 51.1 Å². The van der Waals surface area contributed by atoms with E-state index in [-0.39, 0.29) is 30.0 Å². The maximum Gasteiger partial charge on any atom is 0.194 e. The number of benzene rings is 1. The van der Waals surface area contributed by atoms with E-state index < -0.39 is 0 Å². The van der Waals surface area contributed by atoms with E-state index in [1.54, 1.807) is 7.11 Å². The summed E-state index contributed by atoms with van der Waals surface area (Å²) < 4.78 is 7.65. The van der Waals surface area contributed by atoms with Gasteiger partial charge in [0.15, 0.2) is 5.96 Å². The first-order valence-electron chi connectivity index (χ1n) is 10.8. The molecule has 1 saturated heterocycles. The van der Waals surface area contributed by atoms with E-state index >= 15 is 0 Å². The molecule has 8 heteroatoms. The number of aliphatic imine (C=N–C) groups is 1. The van der Waals surface area contributed by atoms with Gasteiger partial charge in [0, 0.05) is 32.0 Å². The van der Waals surface area contributed by atoms with Gasteiger partial charge in [-0.25, -0.2) is 4.98 Å². The molecule has 0 radical (unpaired) electrons. The molecule has 1 aliphatic rings. The molecule has 0 spiro atoms. The average Bonchev–Trinajstić information content (AvgIpc) is 3.28. The van der Waals surface area contributed by atoms with Crippen LogP contribution in [0.15, 0.2) is 48.0 Å². The van der Waals surface area contributed by atoms with Crippen LogP contribution in [0.3, 0.4) is 0 Å². The normalized spacial score (nSPS) is 20.3. The van der Waals surface area contributed by atoms with E-state index in [9.17, 15) is 0 Å². The minimum Gasteiger partial charge on any atom is -0.497 e. The fraction of sp³-hybridized carbons (Fsp3) is 0.565. The summed E-state index contributed by atoms with van der Waals surface area (Å²) in [6.07, 6.45) is 7.00. The van der Waals surface area contributed by atoms with Crippen molar-refractivity contribution < 1.29 is 4.74 Å². The largest absolute Gasteiger partial charge is 0.497 e. The smallest absolute Gasteiger partial charge is 0.194 e. The van der Waals surface area contributed by atoms with Crippen molar-refractivity contribution in [1.29, 1.82) is 0 Å². The molecule has 3 rings (SSSR count). The molecule has 2 heterocycles. The van der Waals surface area contributed by atoms with Gasteiger partial charge in [0.25, 0.3) is 0 Å². The maximum absolute atomic E-state index is 5.42. The Morgan fingerprint density at radius 1 is 1.39 bits per heavy atom. The van der Waals surface area contributed by atoms with Gasteiger partial charge in [-0.1, -0.05) is 19.1 Å². The SMILES string of the molecule is CCNC(=NCC(c1cccc(OC)c1)N(C)C)N1CCC(C)C(n2ccnc2)C1.I. The topological polar surface area (TPSA) is 57.9 Å². The molecular formula is C23H37IN6O. The number of likely N-dealkylation sites (tertiary alicyclic amines) is 1. The van der Waals surface area contributed by atoms with Crippen LogP contribution in [-0.2, 0) is 0 Å². The van der Waals surface area contributed by atoms with Crippen molar-refractivity contribution >= 4 is 29.9 Å². The van der Waals surface area contributed by atoms with Gasteiger partial charge in [-0.3, -0.25) is 4.99 Å². The summed E-state index contributed by atoms with van der Waals surface area (Å²) in [7, 11) is 5.91. The zero-order chi connectivity index (χ0) is 21.5. The summed E-state index contributed by atoms with van der Waals surface area (Å²) >= 11 is 0. The van der Waals surface area contributed by atoms with E-state index in [1.807, 2.05) is 24.7 Å². The molecule has 7 nitrogen and oxygen atoms in total. The lowest BCUT2D eigenvalue weighted by molar-refractivity contribution is 0.188. The Morgan fingerprint density at radius 3 is 2.84 bits per heavy atom. The summed E-state index contributed by atoms with van der Waals surface area (Å²) in [5.74, 6) is 2.48. The van der Waals surface area contributed by atoms with Gasteiger partial charge in [0.2, 0.25) is 0 Å². The predicted octanol–water partition coefficient (Wildman–Crippen LogP) is 3.66. The number of methoxy groups -OCH3 is 1. The van der Waals surface area contributed by atoms with Crippen LogP contribution in [0.5, 0.6) is 5.75 Å². The average molecular weight is 540 g/mol. The van der Waals surface area contributed by atoms with Crippen molar-refractivity contribution in [3.05, 3.63) is 48.5 Å². The van der Waals surface area contributed by atoms with Crippen LogP contribution in [0.4, 0.5) is 0 Å². The van der Waals surface area contributed by atoms with Gasteiger partial charge >= 0.3 is 0 Å². The van der Waals surface area contributed by atoms with Crippen LogP contribution in [0.1, 0.15) is 37.9 Å². The zero-order valence-electron chi connectivity index (χ0n) is 19.4. The van der Waals surface area contributed by atoms with Crippen LogP contribution >= 0.6 is 24.0 Å². The molecule has 0 amide bonds. The summed E-state index contributed by atoms with van der Waals surface area (Å²) in [4.78, 5) is 13.9. The number of nitrogens with zero attached hydrogens (tertiary/aromatic N) is 5. The fourth-order valence-corrected chi connectivity index (χ4v) is 4.11. The quantitative estimate of drug-likeness (QED) is 0.330. The number of ether oxygens (including phenoxy) is 1. The highest BCUT2D eigenvalue weighted by Crippen LogP contribution is 2.28. The minimum absolute atomic E-state index is 0. The number of likely N-dealkylation sites (N-methyl/N-ethyl adjacent to an activating group) is 1. The Hall–Kier alpha value is -1.81. The first kappa shape index (κ1) is 25.5. The Labute approximate surface area is 203 Å². The number of aromatic nitrogens is 2. The third-order valence-corrected chi connectivity index (χ3v) is 5.98. The number of hydrogen-bond donors (Lipinski definition) is 1. The minimum atomic E-state index is 0. The molecule has 31 heavy (non-hydrogen) atoms. The third-order valence-electron chi connectivity index (χ3n) is 5.98. The number of rotatable bonds is 7. The van der Waals surface area contributed by atoms with Gasteiger partial charge in [-0.15, -0.1) is 24.0 Å². The number of hydrogen-bond acceptors (Lipinski definition) is 4. The van der Waals surface area contributed by atoms with E-state index in [1.165, 1.54) is 5.56 Å². The van der Waals surface area contributed by atoms with Crippen molar-refractivity contribution in [2.45, 2.75) is 32.4 Å². The second kappa shape index (κ2) is 12.3. The van der Waals surface area contributed by atoms with E-state index in [4.69, 9.17) is 9.73 Å². The Morgan fingerprint density at radius 2 is 2.19 bits per heavy atom. The predicted molar refractivity (Wildman–Crippen MR) is 137 cm³/mol. The number of imidazole rings is 1. The van der Waals surface area contributed by atoms with Crippen LogP contribution in [0.2, 0.25) is 0 Å². The second-order valence-corrected chi connectivity index (χ2v) is 8.24. The monoisotopic (exact) mass is 540 g/mol. The summed E-state index contributed by atoms with van der Waals surface area (Å²) in [6, 6.07) is 8.86. The van der Waals surface area contributed by atoms with E-state index in [2.05, 4.69) is 70.9 Å². The van der Waals surface area contributed by atoms with E-state index in [0.29, 0.717) is 18.5 Å². The number of guanidine groups is 1. The molecule has 1 fully saturated rings. The van der Waals surface area contributed by atoms with Gasteiger partial charge < -0.3 is 24.4 Å². The van der Waals surface area contributed by atoms with Crippen molar-refractivity contribution in [3.8, 4) is 5.75 Å². The van der Waals surface area contributed by atoms with Crippen molar-refractivity contribution in [3.63, 3.8) is 0 Å². The second-order valence-electron chi connectivity index (χ2n) is 8.24. The first-order chi connectivity index (χ1) is 14.5. The molecule has 3 atom stereocenters. The number of piperidine rings is 1. The lowest BCUT2D eigenvalue weighted by Gasteiger charge is -2.39.